The molecule has 102 valence electrons. The molecule has 0 saturated heterocycles. The molecule has 7 nitrogen and oxygen atoms in total. The van der Waals surface area contributed by atoms with Crippen molar-refractivity contribution >= 4 is 27.5 Å². The fourth-order valence-corrected chi connectivity index (χ4v) is 3.46. The number of sulfonamides is 1. The second-order valence-corrected chi connectivity index (χ2v) is 6.23. The third kappa shape index (κ3) is 2.03. The zero-order chi connectivity index (χ0) is 14.4. The zero-order valence-corrected chi connectivity index (χ0v) is 11.0. The molecule has 1 unspecified atom stereocenters. The van der Waals surface area contributed by atoms with Gasteiger partial charge in [-0.3, -0.25) is 9.59 Å². The van der Waals surface area contributed by atoms with E-state index in [0.29, 0.717) is 9.99 Å². The number of carbonyl (C=O) groups excluding carboxylic acids is 2. The number of nitrogens with zero attached hydrogens (tertiary/aromatic N) is 1. The van der Waals surface area contributed by atoms with Gasteiger partial charge in [-0.2, -0.15) is 0 Å². The van der Waals surface area contributed by atoms with Crippen molar-refractivity contribution < 1.29 is 18.0 Å². The van der Waals surface area contributed by atoms with Crippen molar-refractivity contribution in [2.24, 2.45) is 11.7 Å². The Morgan fingerprint density at radius 2 is 2.05 bits per heavy atom. The van der Waals surface area contributed by atoms with Crippen LogP contribution in [0, 0.1) is 5.92 Å². The molecule has 4 N–H and O–H groups in total. The quantitative estimate of drug-likeness (QED) is 0.726. The van der Waals surface area contributed by atoms with E-state index >= 15 is 0 Å². The maximum atomic E-state index is 12.2. The molecule has 0 radical (unpaired) electrons. The van der Waals surface area contributed by atoms with Crippen LogP contribution in [0.5, 0.6) is 0 Å². The number of hydrogen-bond donors (Lipinski definition) is 2. The van der Waals surface area contributed by atoms with Crippen LogP contribution >= 0.6 is 0 Å². The van der Waals surface area contributed by atoms with Crippen LogP contribution in [0.25, 0.3) is 0 Å². The van der Waals surface area contributed by atoms with E-state index < -0.39 is 27.8 Å². The smallest absolute Gasteiger partial charge is 0.269 e. The number of carbonyl (C=O) groups is 2. The molecule has 8 heteroatoms. The lowest BCUT2D eigenvalue weighted by Gasteiger charge is -2.17. The van der Waals surface area contributed by atoms with Gasteiger partial charge in [-0.1, -0.05) is 6.92 Å². The van der Waals surface area contributed by atoms with Crippen LogP contribution in [-0.4, -0.2) is 31.1 Å². The summed E-state index contributed by atoms with van der Waals surface area (Å²) < 4.78 is 25.0. The summed E-state index contributed by atoms with van der Waals surface area (Å²) in [6.07, 6.45) is 0. The molecule has 1 atom stereocenters. The highest BCUT2D eigenvalue weighted by molar-refractivity contribution is 7.90. The van der Waals surface area contributed by atoms with Crippen LogP contribution in [0.2, 0.25) is 0 Å². The summed E-state index contributed by atoms with van der Waals surface area (Å²) in [5.41, 5.74) is 10.9. The van der Waals surface area contributed by atoms with Gasteiger partial charge in [0.25, 0.3) is 15.9 Å². The predicted molar refractivity (Wildman–Crippen MR) is 67.4 cm³/mol. The average Bonchev–Trinajstić information content (AvgIpc) is 2.50. The average molecular weight is 283 g/mol. The summed E-state index contributed by atoms with van der Waals surface area (Å²) in [6, 6.07) is 4.00. The van der Waals surface area contributed by atoms with Gasteiger partial charge in [-0.05, 0) is 18.2 Å². The monoisotopic (exact) mass is 283 g/mol. The number of nitrogens with two attached hydrogens (primary N) is 2. The Balaban J connectivity index is 2.46. The summed E-state index contributed by atoms with van der Waals surface area (Å²) in [7, 11) is -3.92. The number of benzene rings is 1. The number of rotatable bonds is 3. The molecule has 0 saturated carbocycles. The topological polar surface area (TPSA) is 124 Å². The Labute approximate surface area is 110 Å². The Hall–Kier alpha value is -2.09. The first-order valence-electron chi connectivity index (χ1n) is 5.51. The Kier molecular flexibility index (Phi) is 2.97. The normalized spacial score (nSPS) is 18.2. The molecule has 19 heavy (non-hydrogen) atoms. The summed E-state index contributed by atoms with van der Waals surface area (Å²) in [5, 5.41) is 0. The van der Waals surface area contributed by atoms with Gasteiger partial charge in [0.15, 0.2) is 0 Å². The van der Waals surface area contributed by atoms with Crippen molar-refractivity contribution in [1.82, 2.24) is 4.31 Å². The molecule has 2 amide bonds. The number of nitrogen functional groups attached to an aromatic ring is 1. The van der Waals surface area contributed by atoms with Crippen LogP contribution in [0.1, 0.15) is 17.3 Å². The molecular weight excluding hydrogens is 270 g/mol. The van der Waals surface area contributed by atoms with Crippen molar-refractivity contribution in [3.63, 3.8) is 0 Å². The molecule has 1 aliphatic rings. The molecule has 0 fully saturated rings. The molecule has 1 aromatic rings. The van der Waals surface area contributed by atoms with E-state index in [1.54, 1.807) is 0 Å². The van der Waals surface area contributed by atoms with E-state index in [2.05, 4.69) is 0 Å². The van der Waals surface area contributed by atoms with Crippen molar-refractivity contribution in [3.05, 3.63) is 23.8 Å². The van der Waals surface area contributed by atoms with E-state index in [4.69, 9.17) is 11.5 Å². The third-order valence-corrected chi connectivity index (χ3v) is 4.76. The van der Waals surface area contributed by atoms with Crippen LogP contribution in [0.15, 0.2) is 23.1 Å². The lowest BCUT2D eigenvalue weighted by molar-refractivity contribution is -0.121. The number of primary amides is 1. The summed E-state index contributed by atoms with van der Waals surface area (Å²) in [5.74, 6) is -2.11. The van der Waals surface area contributed by atoms with Gasteiger partial charge >= 0.3 is 0 Å². The number of fused-ring (bicyclic) bond motifs is 1. The standard InChI is InChI=1S/C11H13N3O4S/c1-6(10(13)15)5-14-11(16)8-4-7(12)2-3-9(8)19(14,17)18/h2-4,6H,5,12H2,1H3,(H2,13,15). The third-order valence-electron chi connectivity index (χ3n) is 2.95. The van der Waals surface area contributed by atoms with E-state index in [1.807, 2.05) is 0 Å². The predicted octanol–water partition coefficient (Wildman–Crippen LogP) is -0.465. The Morgan fingerprint density at radius 1 is 1.42 bits per heavy atom. The van der Waals surface area contributed by atoms with Gasteiger partial charge < -0.3 is 11.5 Å². The Morgan fingerprint density at radius 3 is 2.63 bits per heavy atom. The van der Waals surface area contributed by atoms with Gasteiger partial charge in [0.05, 0.1) is 11.5 Å². The van der Waals surface area contributed by atoms with Gasteiger partial charge in [0.1, 0.15) is 4.90 Å². The van der Waals surface area contributed by atoms with Gasteiger partial charge in [0, 0.05) is 12.2 Å². The lowest BCUT2D eigenvalue weighted by Crippen LogP contribution is -2.38. The summed E-state index contributed by atoms with van der Waals surface area (Å²) >= 11 is 0. The first-order chi connectivity index (χ1) is 8.75. The molecule has 1 aromatic carbocycles. The molecular formula is C11H13N3O4S. The maximum absolute atomic E-state index is 12.2. The fraction of sp³-hybridized carbons (Fsp3) is 0.273. The molecule has 0 aliphatic carbocycles. The highest BCUT2D eigenvalue weighted by atomic mass is 32.2. The molecule has 1 heterocycles. The van der Waals surface area contributed by atoms with Crippen LogP contribution in [0.4, 0.5) is 5.69 Å². The van der Waals surface area contributed by atoms with Gasteiger partial charge in [-0.25, -0.2) is 12.7 Å². The van der Waals surface area contributed by atoms with E-state index in [0.717, 1.165) is 0 Å². The van der Waals surface area contributed by atoms with Gasteiger partial charge in [-0.15, -0.1) is 0 Å². The van der Waals surface area contributed by atoms with E-state index in [9.17, 15) is 18.0 Å². The minimum absolute atomic E-state index is 0.0247. The minimum Gasteiger partial charge on any atom is -0.399 e. The van der Waals surface area contributed by atoms with Crippen LogP contribution in [-0.2, 0) is 14.8 Å². The molecule has 0 aromatic heterocycles. The highest BCUT2D eigenvalue weighted by Gasteiger charge is 2.42. The number of anilines is 1. The van der Waals surface area contributed by atoms with Gasteiger partial charge in [0.2, 0.25) is 5.91 Å². The van der Waals surface area contributed by atoms with E-state index in [1.165, 1.54) is 25.1 Å². The number of amides is 2. The minimum atomic E-state index is -3.92. The number of hydrogen-bond acceptors (Lipinski definition) is 5. The molecule has 0 spiro atoms. The lowest BCUT2D eigenvalue weighted by atomic mass is 10.1. The van der Waals surface area contributed by atoms with Crippen molar-refractivity contribution in [2.45, 2.75) is 11.8 Å². The second-order valence-electron chi connectivity index (χ2n) is 4.40. The van der Waals surface area contributed by atoms with Crippen LogP contribution in [0.3, 0.4) is 0 Å². The summed E-state index contributed by atoms with van der Waals surface area (Å²) in [4.78, 5) is 23.0. The molecule has 0 bridgehead atoms. The molecule has 2 rings (SSSR count). The SMILES string of the molecule is CC(CN1C(=O)c2cc(N)ccc2S1(=O)=O)C(N)=O. The van der Waals surface area contributed by atoms with Crippen molar-refractivity contribution in [1.29, 1.82) is 0 Å². The first kappa shape index (κ1) is 13.3. The second kappa shape index (κ2) is 4.23. The van der Waals surface area contributed by atoms with Crippen LogP contribution < -0.4 is 11.5 Å². The summed E-state index contributed by atoms with van der Waals surface area (Å²) in [6.45, 7) is 1.19. The highest BCUT2D eigenvalue weighted by Crippen LogP contribution is 2.31. The largest absolute Gasteiger partial charge is 0.399 e. The fourth-order valence-electron chi connectivity index (χ4n) is 1.82. The Bertz CT molecular complexity index is 669. The maximum Gasteiger partial charge on any atom is 0.269 e. The van der Waals surface area contributed by atoms with E-state index in [-0.39, 0.29) is 17.0 Å². The molecule has 1 aliphatic heterocycles. The first-order valence-corrected chi connectivity index (χ1v) is 6.95. The van der Waals surface area contributed by atoms with Crippen molar-refractivity contribution in [3.8, 4) is 0 Å². The van der Waals surface area contributed by atoms with Crippen molar-refractivity contribution in [2.75, 3.05) is 12.3 Å². The zero-order valence-electron chi connectivity index (χ0n) is 10.2.